The Morgan fingerprint density at radius 2 is 1.68 bits per heavy atom. The number of nitrogens with zero attached hydrogens (tertiary/aromatic N) is 2. The maximum absolute atomic E-state index is 12.4. The van der Waals surface area contributed by atoms with Gasteiger partial charge in [0.15, 0.2) is 0 Å². The maximum Gasteiger partial charge on any atom is 0.310 e. The van der Waals surface area contributed by atoms with Crippen LogP contribution >= 0.6 is 0 Å². The fraction of sp³-hybridized carbons (Fsp3) is 0.286. The van der Waals surface area contributed by atoms with Crippen LogP contribution in [0, 0.1) is 0 Å². The highest BCUT2D eigenvalue weighted by Crippen LogP contribution is 2.34. The van der Waals surface area contributed by atoms with E-state index in [9.17, 15) is 14.4 Å². The standard InChI is InChI=1S/C21H24N4O3/c1-24(2)17(14-9-5-4-6-10-14)13-22-19(26)20(27)23-18-15-11-7-8-12-16(15)25(3)21(18)28/h4-12,17-18H,13H2,1-3H3,(H,22,26)(H,23,27)/t17-,18+/m1/s1. The summed E-state index contributed by atoms with van der Waals surface area (Å²) in [6.07, 6.45) is 0. The molecule has 1 aliphatic rings. The molecule has 2 aromatic rings. The lowest BCUT2D eigenvalue weighted by Crippen LogP contribution is -2.45. The van der Waals surface area contributed by atoms with Gasteiger partial charge in [-0.05, 0) is 25.7 Å². The van der Waals surface area contributed by atoms with E-state index in [2.05, 4.69) is 10.6 Å². The number of amides is 3. The van der Waals surface area contributed by atoms with Gasteiger partial charge in [-0.2, -0.15) is 0 Å². The first-order valence-electron chi connectivity index (χ1n) is 9.06. The Balaban J connectivity index is 1.64. The second-order valence-electron chi connectivity index (χ2n) is 6.96. The molecular weight excluding hydrogens is 356 g/mol. The minimum atomic E-state index is -0.849. The van der Waals surface area contributed by atoms with Crippen LogP contribution in [0.25, 0.3) is 0 Å². The number of carbonyl (C=O) groups is 3. The van der Waals surface area contributed by atoms with E-state index < -0.39 is 17.9 Å². The summed E-state index contributed by atoms with van der Waals surface area (Å²) in [5.41, 5.74) is 2.45. The third-order valence-electron chi connectivity index (χ3n) is 4.93. The van der Waals surface area contributed by atoms with Crippen molar-refractivity contribution in [1.82, 2.24) is 15.5 Å². The molecular formula is C21H24N4O3. The van der Waals surface area contributed by atoms with E-state index in [-0.39, 0.29) is 18.5 Å². The fourth-order valence-electron chi connectivity index (χ4n) is 3.36. The Morgan fingerprint density at radius 1 is 1.04 bits per heavy atom. The van der Waals surface area contributed by atoms with E-state index in [1.807, 2.05) is 55.4 Å². The normalized spacial score (nSPS) is 16.6. The topological polar surface area (TPSA) is 81.8 Å². The summed E-state index contributed by atoms with van der Waals surface area (Å²) in [4.78, 5) is 40.6. The van der Waals surface area contributed by atoms with Crippen LogP contribution in [0.2, 0.25) is 0 Å². The predicted octanol–water partition coefficient (Wildman–Crippen LogP) is 1.24. The number of hydrogen-bond acceptors (Lipinski definition) is 4. The Labute approximate surface area is 164 Å². The quantitative estimate of drug-likeness (QED) is 0.765. The molecule has 3 amide bonds. The molecule has 3 rings (SSSR count). The van der Waals surface area contributed by atoms with E-state index in [0.717, 1.165) is 11.3 Å². The zero-order valence-electron chi connectivity index (χ0n) is 16.2. The lowest BCUT2D eigenvalue weighted by atomic mass is 10.1. The van der Waals surface area contributed by atoms with Crippen molar-refractivity contribution < 1.29 is 14.4 Å². The smallest absolute Gasteiger partial charge is 0.310 e. The largest absolute Gasteiger partial charge is 0.346 e. The number of anilines is 1. The molecule has 0 unspecified atom stereocenters. The van der Waals surface area contributed by atoms with Crippen molar-refractivity contribution in [2.24, 2.45) is 0 Å². The molecule has 2 aromatic carbocycles. The van der Waals surface area contributed by atoms with Gasteiger partial charge in [-0.25, -0.2) is 0 Å². The van der Waals surface area contributed by atoms with E-state index in [0.29, 0.717) is 5.56 Å². The number of fused-ring (bicyclic) bond motifs is 1. The minimum absolute atomic E-state index is 0.0714. The number of carbonyl (C=O) groups excluding carboxylic acids is 3. The third-order valence-corrected chi connectivity index (χ3v) is 4.93. The van der Waals surface area contributed by atoms with E-state index in [1.165, 1.54) is 4.90 Å². The molecule has 0 aliphatic carbocycles. The van der Waals surface area contributed by atoms with Crippen molar-refractivity contribution in [3.8, 4) is 0 Å². The molecule has 1 aliphatic heterocycles. The number of nitrogens with one attached hydrogen (secondary N) is 2. The number of benzene rings is 2. The molecule has 0 spiro atoms. The summed E-state index contributed by atoms with van der Waals surface area (Å²) in [5, 5.41) is 5.22. The van der Waals surface area contributed by atoms with Gasteiger partial charge in [-0.15, -0.1) is 0 Å². The summed E-state index contributed by atoms with van der Waals surface area (Å²) in [6, 6.07) is 16.0. The minimum Gasteiger partial charge on any atom is -0.346 e. The molecule has 0 aromatic heterocycles. The molecule has 0 saturated heterocycles. The van der Waals surface area contributed by atoms with Crippen LogP contribution in [0.15, 0.2) is 54.6 Å². The number of hydrogen-bond donors (Lipinski definition) is 2. The van der Waals surface area contributed by atoms with E-state index >= 15 is 0 Å². The summed E-state index contributed by atoms with van der Waals surface area (Å²) in [6.45, 7) is 0.276. The molecule has 0 bridgehead atoms. The van der Waals surface area contributed by atoms with Gasteiger partial charge in [-0.3, -0.25) is 14.4 Å². The van der Waals surface area contributed by atoms with Gasteiger partial charge in [-0.1, -0.05) is 48.5 Å². The Kier molecular flexibility index (Phi) is 5.75. The Hall–Kier alpha value is -3.19. The van der Waals surface area contributed by atoms with Crippen LogP contribution in [0.1, 0.15) is 23.2 Å². The van der Waals surface area contributed by atoms with Crippen LogP contribution in [0.3, 0.4) is 0 Å². The lowest BCUT2D eigenvalue weighted by molar-refractivity contribution is -0.140. The molecule has 1 heterocycles. The molecule has 2 N–H and O–H groups in total. The second-order valence-corrected chi connectivity index (χ2v) is 6.96. The average molecular weight is 380 g/mol. The number of rotatable bonds is 5. The molecule has 0 radical (unpaired) electrons. The molecule has 7 heteroatoms. The fourth-order valence-corrected chi connectivity index (χ4v) is 3.36. The van der Waals surface area contributed by atoms with Crippen molar-refractivity contribution in [2.45, 2.75) is 12.1 Å². The molecule has 0 saturated carbocycles. The van der Waals surface area contributed by atoms with Crippen molar-refractivity contribution >= 4 is 23.4 Å². The van der Waals surface area contributed by atoms with Crippen molar-refractivity contribution in [3.63, 3.8) is 0 Å². The van der Waals surface area contributed by atoms with Gasteiger partial charge >= 0.3 is 11.8 Å². The maximum atomic E-state index is 12.4. The Bertz CT molecular complexity index is 882. The number of likely N-dealkylation sites (N-methyl/N-ethyl adjacent to an activating group) is 2. The third kappa shape index (κ3) is 3.89. The number of para-hydroxylation sites is 1. The summed E-state index contributed by atoms with van der Waals surface area (Å²) < 4.78 is 0. The average Bonchev–Trinajstić information content (AvgIpc) is 2.93. The first-order chi connectivity index (χ1) is 13.4. The van der Waals surface area contributed by atoms with Crippen LogP contribution in [-0.2, 0) is 14.4 Å². The van der Waals surface area contributed by atoms with Crippen LogP contribution < -0.4 is 15.5 Å². The summed E-state index contributed by atoms with van der Waals surface area (Å²) in [5.74, 6) is -1.85. The monoisotopic (exact) mass is 380 g/mol. The van der Waals surface area contributed by atoms with Gasteiger partial charge in [0.25, 0.3) is 5.91 Å². The zero-order valence-corrected chi connectivity index (χ0v) is 16.2. The summed E-state index contributed by atoms with van der Waals surface area (Å²) >= 11 is 0. The first-order valence-corrected chi connectivity index (χ1v) is 9.06. The zero-order chi connectivity index (χ0) is 20.3. The van der Waals surface area contributed by atoms with Crippen molar-refractivity contribution in [3.05, 3.63) is 65.7 Å². The summed E-state index contributed by atoms with van der Waals surface area (Å²) in [7, 11) is 5.47. The van der Waals surface area contributed by atoms with Crippen molar-refractivity contribution in [2.75, 3.05) is 32.6 Å². The van der Waals surface area contributed by atoms with Gasteiger partial charge in [0.2, 0.25) is 0 Å². The molecule has 28 heavy (non-hydrogen) atoms. The van der Waals surface area contributed by atoms with E-state index in [1.54, 1.807) is 25.2 Å². The molecule has 7 nitrogen and oxygen atoms in total. The van der Waals surface area contributed by atoms with Gasteiger partial charge in [0.05, 0.1) is 6.04 Å². The van der Waals surface area contributed by atoms with Crippen LogP contribution in [0.5, 0.6) is 0 Å². The lowest BCUT2D eigenvalue weighted by Gasteiger charge is -2.25. The highest BCUT2D eigenvalue weighted by Gasteiger charge is 2.36. The van der Waals surface area contributed by atoms with Gasteiger partial charge in [0.1, 0.15) is 6.04 Å². The molecule has 0 fully saturated rings. The van der Waals surface area contributed by atoms with Gasteiger partial charge < -0.3 is 20.4 Å². The Morgan fingerprint density at radius 3 is 2.36 bits per heavy atom. The van der Waals surface area contributed by atoms with Gasteiger partial charge in [0, 0.05) is 24.8 Å². The SMILES string of the molecule is CN1C(=O)[C@@H](NC(=O)C(=O)NC[C@H](c2ccccc2)N(C)C)c2ccccc21. The van der Waals surface area contributed by atoms with Crippen LogP contribution in [-0.4, -0.2) is 50.3 Å². The first kappa shape index (κ1) is 19.6. The molecule has 146 valence electrons. The molecule has 2 atom stereocenters. The highest BCUT2D eigenvalue weighted by molar-refractivity contribution is 6.35. The highest BCUT2D eigenvalue weighted by atomic mass is 16.2. The van der Waals surface area contributed by atoms with Crippen molar-refractivity contribution in [1.29, 1.82) is 0 Å². The predicted molar refractivity (Wildman–Crippen MR) is 107 cm³/mol. The van der Waals surface area contributed by atoms with E-state index in [4.69, 9.17) is 0 Å². The van der Waals surface area contributed by atoms with Crippen LogP contribution in [0.4, 0.5) is 5.69 Å². The second kappa shape index (κ2) is 8.22.